The Balaban J connectivity index is 0.00000484. The highest BCUT2D eigenvalue weighted by Gasteiger charge is 2.04. The topological polar surface area (TPSA) is 52.6 Å². The van der Waals surface area contributed by atoms with E-state index in [0.717, 1.165) is 57.3 Å². The van der Waals surface area contributed by atoms with E-state index in [1.807, 2.05) is 0 Å². The number of likely N-dealkylation sites (N-methyl/N-ethyl adjacent to an activating group) is 1. The van der Waals surface area contributed by atoms with E-state index in [4.69, 9.17) is 0 Å². The first-order valence-electron chi connectivity index (χ1n) is 8.28. The first kappa shape index (κ1) is 22.6. The van der Waals surface area contributed by atoms with Crippen molar-refractivity contribution in [2.45, 2.75) is 41.0 Å². The van der Waals surface area contributed by atoms with Gasteiger partial charge in [-0.3, -0.25) is 4.99 Å². The van der Waals surface area contributed by atoms with Crippen molar-refractivity contribution >= 4 is 41.3 Å². The van der Waals surface area contributed by atoms with Gasteiger partial charge in [0.05, 0.1) is 17.2 Å². The molecule has 1 rings (SSSR count). The van der Waals surface area contributed by atoms with Crippen LogP contribution in [0.5, 0.6) is 0 Å². The van der Waals surface area contributed by atoms with Crippen molar-refractivity contribution in [3.63, 3.8) is 0 Å². The molecule has 0 amide bonds. The van der Waals surface area contributed by atoms with Crippen LogP contribution in [0, 0.1) is 13.8 Å². The molecule has 0 bridgehead atoms. The standard InChI is InChI=1S/C16H31N5S.HI/c1-6-17-16(19-11-12-21(7-2)8-3)18-10-9-15-20-13(4)14(5)22-15;/h6-12H2,1-5H3,(H2,17,18,19);1H. The third kappa shape index (κ3) is 8.85. The molecule has 23 heavy (non-hydrogen) atoms. The fraction of sp³-hybridized carbons (Fsp3) is 0.750. The molecule has 7 heteroatoms. The number of aliphatic imine (C=N–C) groups is 1. The number of thiazole rings is 1. The fourth-order valence-corrected chi connectivity index (χ4v) is 3.05. The summed E-state index contributed by atoms with van der Waals surface area (Å²) >= 11 is 1.79. The molecule has 2 N–H and O–H groups in total. The molecule has 1 heterocycles. The van der Waals surface area contributed by atoms with Crippen molar-refractivity contribution in [2.75, 3.05) is 39.3 Å². The van der Waals surface area contributed by atoms with Gasteiger partial charge in [-0.05, 0) is 33.9 Å². The Bertz CT molecular complexity index is 438. The molecule has 0 unspecified atom stereocenters. The van der Waals surface area contributed by atoms with Crippen molar-refractivity contribution in [3.05, 3.63) is 15.6 Å². The van der Waals surface area contributed by atoms with Crippen LogP contribution in [-0.4, -0.2) is 55.1 Å². The van der Waals surface area contributed by atoms with Gasteiger partial charge in [-0.25, -0.2) is 4.98 Å². The number of hydrogen-bond acceptors (Lipinski definition) is 4. The Labute approximate surface area is 162 Å². The number of rotatable bonds is 9. The van der Waals surface area contributed by atoms with Gasteiger partial charge in [-0.2, -0.15) is 0 Å². The molecule has 0 aliphatic heterocycles. The molecule has 134 valence electrons. The van der Waals surface area contributed by atoms with Crippen LogP contribution in [0.15, 0.2) is 4.99 Å². The third-order valence-electron chi connectivity index (χ3n) is 3.63. The Morgan fingerprint density at radius 2 is 1.87 bits per heavy atom. The van der Waals surface area contributed by atoms with Crippen LogP contribution in [0.2, 0.25) is 0 Å². The van der Waals surface area contributed by atoms with Crippen LogP contribution in [0.25, 0.3) is 0 Å². The summed E-state index contributed by atoms with van der Waals surface area (Å²) in [6, 6.07) is 0. The number of nitrogens with zero attached hydrogens (tertiary/aromatic N) is 3. The lowest BCUT2D eigenvalue weighted by molar-refractivity contribution is 0.313. The zero-order valence-corrected chi connectivity index (χ0v) is 18.3. The predicted molar refractivity (Wildman–Crippen MR) is 112 cm³/mol. The zero-order valence-electron chi connectivity index (χ0n) is 15.1. The number of halogens is 1. The molecule has 0 saturated carbocycles. The van der Waals surface area contributed by atoms with Gasteiger partial charge < -0.3 is 15.5 Å². The summed E-state index contributed by atoms with van der Waals surface area (Å²) in [5, 5.41) is 7.89. The predicted octanol–water partition coefficient (Wildman–Crippen LogP) is 2.82. The van der Waals surface area contributed by atoms with Crippen molar-refractivity contribution in [2.24, 2.45) is 4.99 Å². The van der Waals surface area contributed by atoms with E-state index in [0.29, 0.717) is 0 Å². The Morgan fingerprint density at radius 1 is 1.17 bits per heavy atom. The van der Waals surface area contributed by atoms with E-state index in [-0.39, 0.29) is 24.0 Å². The first-order chi connectivity index (χ1) is 10.6. The monoisotopic (exact) mass is 453 g/mol. The van der Waals surface area contributed by atoms with E-state index in [2.05, 4.69) is 60.1 Å². The Kier molecular flexibility index (Phi) is 12.7. The maximum Gasteiger partial charge on any atom is 0.191 e. The molecule has 0 fully saturated rings. The van der Waals surface area contributed by atoms with Gasteiger partial charge in [-0.1, -0.05) is 13.8 Å². The number of aryl methyl sites for hydroxylation is 2. The SMILES string of the molecule is CCNC(=NCCN(CC)CC)NCCc1nc(C)c(C)s1.I. The molecule has 1 aromatic rings. The second kappa shape index (κ2) is 12.9. The average molecular weight is 453 g/mol. The van der Waals surface area contributed by atoms with E-state index in [1.54, 1.807) is 11.3 Å². The zero-order chi connectivity index (χ0) is 16.4. The largest absolute Gasteiger partial charge is 0.357 e. The first-order valence-corrected chi connectivity index (χ1v) is 9.09. The van der Waals surface area contributed by atoms with Gasteiger partial charge in [0.15, 0.2) is 5.96 Å². The van der Waals surface area contributed by atoms with Gasteiger partial charge in [0.1, 0.15) is 0 Å². The van der Waals surface area contributed by atoms with Gasteiger partial charge in [0, 0.05) is 30.9 Å². The summed E-state index contributed by atoms with van der Waals surface area (Å²) in [5.74, 6) is 0.902. The van der Waals surface area contributed by atoms with E-state index >= 15 is 0 Å². The Hall–Kier alpha value is -0.410. The smallest absolute Gasteiger partial charge is 0.191 e. The minimum atomic E-state index is 0. The lowest BCUT2D eigenvalue weighted by atomic mass is 10.4. The van der Waals surface area contributed by atoms with Gasteiger partial charge in [-0.15, -0.1) is 35.3 Å². The second-order valence-electron chi connectivity index (χ2n) is 5.21. The van der Waals surface area contributed by atoms with Gasteiger partial charge in [0.2, 0.25) is 0 Å². The van der Waals surface area contributed by atoms with E-state index in [1.165, 1.54) is 9.88 Å². The van der Waals surface area contributed by atoms with Crippen molar-refractivity contribution in [3.8, 4) is 0 Å². The van der Waals surface area contributed by atoms with Crippen LogP contribution in [-0.2, 0) is 6.42 Å². The molecule has 0 saturated heterocycles. The quantitative estimate of drug-likeness (QED) is 0.343. The number of aromatic nitrogens is 1. The third-order valence-corrected chi connectivity index (χ3v) is 4.76. The molecule has 0 aliphatic rings. The van der Waals surface area contributed by atoms with E-state index < -0.39 is 0 Å². The molecule has 0 atom stereocenters. The minimum Gasteiger partial charge on any atom is -0.357 e. The molecule has 0 aromatic carbocycles. The summed E-state index contributed by atoms with van der Waals surface area (Å²) in [6.07, 6.45) is 0.944. The van der Waals surface area contributed by atoms with Crippen LogP contribution >= 0.6 is 35.3 Å². The van der Waals surface area contributed by atoms with Crippen molar-refractivity contribution in [1.82, 2.24) is 20.5 Å². The van der Waals surface area contributed by atoms with E-state index in [9.17, 15) is 0 Å². The summed E-state index contributed by atoms with van der Waals surface area (Å²) in [7, 11) is 0. The highest BCUT2D eigenvalue weighted by Crippen LogP contribution is 2.16. The Morgan fingerprint density at radius 3 is 2.39 bits per heavy atom. The van der Waals surface area contributed by atoms with Crippen molar-refractivity contribution in [1.29, 1.82) is 0 Å². The normalized spacial score (nSPS) is 11.5. The van der Waals surface area contributed by atoms with Crippen LogP contribution < -0.4 is 10.6 Å². The minimum absolute atomic E-state index is 0. The van der Waals surface area contributed by atoms with Crippen LogP contribution in [0.1, 0.15) is 36.3 Å². The van der Waals surface area contributed by atoms with Gasteiger partial charge in [0.25, 0.3) is 0 Å². The highest BCUT2D eigenvalue weighted by molar-refractivity contribution is 14.0. The van der Waals surface area contributed by atoms with Crippen LogP contribution in [0.4, 0.5) is 0 Å². The molecular formula is C16H32IN5S. The summed E-state index contributed by atoms with van der Waals surface area (Å²) < 4.78 is 0. The highest BCUT2D eigenvalue weighted by atomic mass is 127. The number of nitrogens with one attached hydrogen (secondary N) is 2. The maximum absolute atomic E-state index is 4.64. The summed E-state index contributed by atoms with van der Waals surface area (Å²) in [4.78, 5) is 12.9. The molecule has 0 radical (unpaired) electrons. The fourth-order valence-electron chi connectivity index (χ4n) is 2.12. The van der Waals surface area contributed by atoms with Crippen molar-refractivity contribution < 1.29 is 0 Å². The van der Waals surface area contributed by atoms with Crippen LogP contribution in [0.3, 0.4) is 0 Å². The molecule has 0 aliphatic carbocycles. The summed E-state index contributed by atoms with van der Waals surface area (Å²) in [5.41, 5.74) is 1.15. The lowest BCUT2D eigenvalue weighted by Crippen LogP contribution is -2.39. The molecule has 0 spiro atoms. The molecule has 1 aromatic heterocycles. The summed E-state index contributed by atoms with van der Waals surface area (Å²) in [6.45, 7) is 16.4. The number of guanidine groups is 1. The average Bonchev–Trinajstić information content (AvgIpc) is 2.82. The molecular weight excluding hydrogens is 421 g/mol. The number of hydrogen-bond donors (Lipinski definition) is 2. The maximum atomic E-state index is 4.64. The second-order valence-corrected chi connectivity index (χ2v) is 6.50. The van der Waals surface area contributed by atoms with Gasteiger partial charge >= 0.3 is 0 Å². The lowest BCUT2D eigenvalue weighted by Gasteiger charge is -2.17. The molecule has 5 nitrogen and oxygen atoms in total.